The van der Waals surface area contributed by atoms with Gasteiger partial charge in [-0.15, -0.1) is 0 Å². The van der Waals surface area contributed by atoms with Gasteiger partial charge in [-0.2, -0.15) is 0 Å². The summed E-state index contributed by atoms with van der Waals surface area (Å²) in [7, 11) is 2.06. The van der Waals surface area contributed by atoms with Crippen LogP contribution in [0.2, 0.25) is 0 Å². The molecule has 1 aromatic rings. The van der Waals surface area contributed by atoms with Crippen molar-refractivity contribution in [1.29, 1.82) is 0 Å². The molecule has 1 N–H and O–H groups in total. The molecule has 1 fully saturated rings. The molecule has 0 aromatic carbocycles. The zero-order valence-electron chi connectivity index (χ0n) is 8.38. The molecule has 0 spiro atoms. The number of nitrogens with zero attached hydrogens (tertiary/aromatic N) is 2. The summed E-state index contributed by atoms with van der Waals surface area (Å²) in [6.45, 7) is 3.18. The van der Waals surface area contributed by atoms with Crippen LogP contribution in [0, 0.1) is 0 Å². The Morgan fingerprint density at radius 2 is 2.38 bits per heavy atom. The number of aromatic nitrogens is 2. The molecule has 0 aliphatic heterocycles. The first kappa shape index (κ1) is 8.75. The molecule has 0 bridgehead atoms. The normalized spacial score (nSPS) is 18.9. The molecule has 1 aliphatic carbocycles. The van der Waals surface area contributed by atoms with Gasteiger partial charge >= 0.3 is 0 Å². The van der Waals surface area contributed by atoms with Gasteiger partial charge in [-0.3, -0.25) is 0 Å². The van der Waals surface area contributed by atoms with E-state index in [0.717, 1.165) is 13.0 Å². The van der Waals surface area contributed by atoms with Gasteiger partial charge in [0.1, 0.15) is 0 Å². The summed E-state index contributed by atoms with van der Waals surface area (Å²) in [5, 5.41) is 3.40. The molecule has 1 saturated carbocycles. The van der Waals surface area contributed by atoms with Gasteiger partial charge in [0.25, 0.3) is 0 Å². The maximum atomic E-state index is 4.17. The lowest BCUT2D eigenvalue weighted by Gasteiger charge is -2.14. The second-order valence-electron chi connectivity index (χ2n) is 3.88. The van der Waals surface area contributed by atoms with Crippen LogP contribution in [-0.2, 0) is 13.0 Å². The minimum absolute atomic E-state index is 0.396. The Balaban J connectivity index is 2.09. The molecular formula is C10H17N3. The molecule has 0 amide bonds. The van der Waals surface area contributed by atoms with Crippen LogP contribution < -0.4 is 5.32 Å². The standard InChI is InChI=1S/C10H17N3/c1-3-13-8-12-7-9(13)6-10(11-2)4-5-10/h7-8,11H,3-6H2,1-2H3. The topological polar surface area (TPSA) is 29.9 Å². The first-order valence-corrected chi connectivity index (χ1v) is 4.97. The molecule has 1 aromatic heterocycles. The maximum Gasteiger partial charge on any atom is 0.0948 e. The van der Waals surface area contributed by atoms with E-state index in [1.807, 2.05) is 12.5 Å². The highest BCUT2D eigenvalue weighted by molar-refractivity contribution is 5.12. The summed E-state index contributed by atoms with van der Waals surface area (Å²) in [4.78, 5) is 4.17. The Morgan fingerprint density at radius 1 is 1.62 bits per heavy atom. The van der Waals surface area contributed by atoms with Crippen molar-refractivity contribution >= 4 is 0 Å². The SMILES string of the molecule is CCn1cncc1CC1(NC)CC1. The quantitative estimate of drug-likeness (QED) is 0.752. The maximum absolute atomic E-state index is 4.17. The number of likely N-dealkylation sites (N-methyl/N-ethyl adjacent to an activating group) is 1. The fraction of sp³-hybridized carbons (Fsp3) is 0.700. The van der Waals surface area contributed by atoms with E-state index in [1.165, 1.54) is 18.5 Å². The zero-order chi connectivity index (χ0) is 9.31. The third-order valence-corrected chi connectivity index (χ3v) is 3.04. The fourth-order valence-electron chi connectivity index (χ4n) is 1.79. The lowest BCUT2D eigenvalue weighted by atomic mass is 10.1. The summed E-state index contributed by atoms with van der Waals surface area (Å²) in [6.07, 6.45) is 7.64. The molecule has 0 unspecified atom stereocenters. The van der Waals surface area contributed by atoms with E-state index in [1.54, 1.807) is 0 Å². The number of hydrogen-bond acceptors (Lipinski definition) is 2. The largest absolute Gasteiger partial charge is 0.335 e. The fourth-order valence-corrected chi connectivity index (χ4v) is 1.79. The molecule has 0 atom stereocenters. The lowest BCUT2D eigenvalue weighted by molar-refractivity contribution is 0.526. The lowest BCUT2D eigenvalue weighted by Crippen LogP contribution is -2.30. The Morgan fingerprint density at radius 3 is 2.92 bits per heavy atom. The highest BCUT2D eigenvalue weighted by Gasteiger charge is 2.41. The van der Waals surface area contributed by atoms with Gasteiger partial charge in [0.15, 0.2) is 0 Å². The second-order valence-corrected chi connectivity index (χ2v) is 3.88. The predicted molar refractivity (Wildman–Crippen MR) is 52.6 cm³/mol. The van der Waals surface area contributed by atoms with Crippen LogP contribution in [-0.4, -0.2) is 22.1 Å². The zero-order valence-corrected chi connectivity index (χ0v) is 8.38. The highest BCUT2D eigenvalue weighted by atomic mass is 15.1. The van der Waals surface area contributed by atoms with Crippen LogP contribution in [0.5, 0.6) is 0 Å². The molecule has 1 aliphatic rings. The van der Waals surface area contributed by atoms with E-state index in [2.05, 4.69) is 28.8 Å². The van der Waals surface area contributed by atoms with Crippen molar-refractivity contribution in [3.8, 4) is 0 Å². The first-order valence-electron chi connectivity index (χ1n) is 4.97. The van der Waals surface area contributed by atoms with Gasteiger partial charge in [-0.05, 0) is 26.8 Å². The minimum Gasteiger partial charge on any atom is -0.335 e. The van der Waals surface area contributed by atoms with E-state index < -0.39 is 0 Å². The Hall–Kier alpha value is -0.830. The average Bonchev–Trinajstić information content (AvgIpc) is 2.78. The van der Waals surface area contributed by atoms with Crippen molar-refractivity contribution in [2.75, 3.05) is 7.05 Å². The summed E-state index contributed by atoms with van der Waals surface area (Å²) in [6, 6.07) is 0. The van der Waals surface area contributed by atoms with Crippen LogP contribution in [0.3, 0.4) is 0 Å². The van der Waals surface area contributed by atoms with Crippen molar-refractivity contribution in [3.05, 3.63) is 18.2 Å². The third-order valence-electron chi connectivity index (χ3n) is 3.04. The molecule has 3 heteroatoms. The van der Waals surface area contributed by atoms with Gasteiger partial charge < -0.3 is 9.88 Å². The van der Waals surface area contributed by atoms with Crippen LogP contribution in [0.1, 0.15) is 25.5 Å². The van der Waals surface area contributed by atoms with E-state index >= 15 is 0 Å². The monoisotopic (exact) mass is 179 g/mol. The number of nitrogens with one attached hydrogen (secondary N) is 1. The summed E-state index contributed by atoms with van der Waals surface area (Å²) < 4.78 is 2.22. The number of imidazole rings is 1. The van der Waals surface area contributed by atoms with E-state index in [0.29, 0.717) is 5.54 Å². The van der Waals surface area contributed by atoms with Gasteiger partial charge in [0.2, 0.25) is 0 Å². The van der Waals surface area contributed by atoms with Crippen molar-refractivity contribution in [2.24, 2.45) is 0 Å². The van der Waals surface area contributed by atoms with Gasteiger partial charge in [-0.1, -0.05) is 0 Å². The van der Waals surface area contributed by atoms with E-state index in [4.69, 9.17) is 0 Å². The minimum atomic E-state index is 0.396. The number of aryl methyl sites for hydroxylation is 1. The smallest absolute Gasteiger partial charge is 0.0948 e. The van der Waals surface area contributed by atoms with Crippen LogP contribution in [0.15, 0.2) is 12.5 Å². The van der Waals surface area contributed by atoms with Crippen LogP contribution >= 0.6 is 0 Å². The van der Waals surface area contributed by atoms with Crippen molar-refractivity contribution in [3.63, 3.8) is 0 Å². The van der Waals surface area contributed by atoms with Gasteiger partial charge in [0, 0.05) is 30.4 Å². The van der Waals surface area contributed by atoms with E-state index in [9.17, 15) is 0 Å². The predicted octanol–water partition coefficient (Wildman–Crippen LogP) is 1.20. The van der Waals surface area contributed by atoms with Crippen LogP contribution in [0.25, 0.3) is 0 Å². The Labute approximate surface area is 79.2 Å². The molecule has 3 nitrogen and oxygen atoms in total. The Bertz CT molecular complexity index is 286. The molecule has 0 radical (unpaired) electrons. The molecule has 2 rings (SSSR count). The summed E-state index contributed by atoms with van der Waals surface area (Å²) in [5.74, 6) is 0. The van der Waals surface area contributed by atoms with Gasteiger partial charge in [-0.25, -0.2) is 4.98 Å². The summed E-state index contributed by atoms with van der Waals surface area (Å²) >= 11 is 0. The molecule has 72 valence electrons. The summed E-state index contributed by atoms with van der Waals surface area (Å²) in [5.41, 5.74) is 1.75. The highest BCUT2D eigenvalue weighted by Crippen LogP contribution is 2.37. The molecule has 1 heterocycles. The third kappa shape index (κ3) is 1.61. The molecule has 0 saturated heterocycles. The average molecular weight is 179 g/mol. The van der Waals surface area contributed by atoms with E-state index in [-0.39, 0.29) is 0 Å². The molecule has 13 heavy (non-hydrogen) atoms. The number of hydrogen-bond donors (Lipinski definition) is 1. The van der Waals surface area contributed by atoms with Crippen molar-refractivity contribution in [1.82, 2.24) is 14.9 Å². The van der Waals surface area contributed by atoms with Crippen LogP contribution in [0.4, 0.5) is 0 Å². The number of rotatable bonds is 4. The first-order chi connectivity index (χ1) is 6.29. The van der Waals surface area contributed by atoms with Gasteiger partial charge in [0.05, 0.1) is 6.33 Å². The second kappa shape index (κ2) is 3.14. The van der Waals surface area contributed by atoms with Crippen molar-refractivity contribution in [2.45, 2.75) is 38.3 Å². The molecular weight excluding hydrogens is 162 g/mol. The van der Waals surface area contributed by atoms with Crippen molar-refractivity contribution < 1.29 is 0 Å². The Kier molecular flexibility index (Phi) is 2.12.